The zero-order valence-electron chi connectivity index (χ0n) is 15.6. The highest BCUT2D eigenvalue weighted by Crippen LogP contribution is 2.26. The Morgan fingerprint density at radius 1 is 1.31 bits per heavy atom. The number of likely N-dealkylation sites (N-methyl/N-ethyl adjacent to an activating group) is 1. The predicted molar refractivity (Wildman–Crippen MR) is 105 cm³/mol. The minimum absolute atomic E-state index is 0.0626. The summed E-state index contributed by atoms with van der Waals surface area (Å²) in [4.78, 5) is 17.3. The van der Waals surface area contributed by atoms with Crippen LogP contribution < -0.4 is 10.1 Å². The van der Waals surface area contributed by atoms with Crippen LogP contribution in [0.5, 0.6) is 5.75 Å². The number of likely N-dealkylation sites (tertiary alicyclic amines) is 1. The van der Waals surface area contributed by atoms with Crippen LogP contribution in [0, 0.1) is 0 Å². The van der Waals surface area contributed by atoms with Crippen LogP contribution in [0.3, 0.4) is 0 Å². The number of nitrogens with zero attached hydrogens (tertiary/aromatic N) is 2. The van der Waals surface area contributed by atoms with E-state index < -0.39 is 0 Å². The zero-order chi connectivity index (χ0) is 18.4. The lowest BCUT2D eigenvalue weighted by Crippen LogP contribution is -2.51. The van der Waals surface area contributed by atoms with Crippen molar-refractivity contribution in [3.05, 3.63) is 29.3 Å². The van der Waals surface area contributed by atoms with Gasteiger partial charge in [-0.05, 0) is 63.9 Å². The number of carbonyl (C=O) groups excluding carboxylic acids is 1. The third-order valence-corrected chi connectivity index (χ3v) is 5.78. The lowest BCUT2D eigenvalue weighted by atomic mass is 10.0. The molecule has 26 heavy (non-hydrogen) atoms. The number of hydrogen-bond donors (Lipinski definition) is 1. The Morgan fingerprint density at radius 3 is 2.85 bits per heavy atom. The van der Waals surface area contributed by atoms with Gasteiger partial charge in [-0.25, -0.2) is 0 Å². The van der Waals surface area contributed by atoms with Crippen LogP contribution >= 0.6 is 11.6 Å². The number of rotatable bonds is 7. The number of amides is 1. The first-order chi connectivity index (χ1) is 12.7. The average molecular weight is 380 g/mol. The zero-order valence-corrected chi connectivity index (χ0v) is 16.4. The molecule has 2 aliphatic rings. The number of para-hydroxylation sites is 1. The molecule has 1 amide bonds. The number of halogens is 1. The van der Waals surface area contributed by atoms with Gasteiger partial charge in [0.1, 0.15) is 5.75 Å². The van der Waals surface area contributed by atoms with Gasteiger partial charge < -0.3 is 15.0 Å². The van der Waals surface area contributed by atoms with Crippen LogP contribution in [0.2, 0.25) is 5.02 Å². The van der Waals surface area contributed by atoms with Crippen molar-refractivity contribution < 1.29 is 9.53 Å². The van der Waals surface area contributed by atoms with Gasteiger partial charge in [0.15, 0.2) is 0 Å². The Bertz CT molecular complexity index is 592. The summed E-state index contributed by atoms with van der Waals surface area (Å²) >= 11 is 6.09. The van der Waals surface area contributed by atoms with Crippen LogP contribution in [0.25, 0.3) is 0 Å². The van der Waals surface area contributed by atoms with Gasteiger partial charge in [-0.3, -0.25) is 9.69 Å². The normalized spacial score (nSPS) is 21.7. The van der Waals surface area contributed by atoms with Crippen molar-refractivity contribution in [2.75, 3.05) is 39.8 Å². The van der Waals surface area contributed by atoms with E-state index in [1.54, 1.807) is 0 Å². The summed E-state index contributed by atoms with van der Waals surface area (Å²) in [5, 5.41) is 4.04. The number of benzene rings is 1. The van der Waals surface area contributed by atoms with E-state index in [-0.39, 0.29) is 11.9 Å². The second kappa shape index (κ2) is 9.58. The first-order valence-corrected chi connectivity index (χ1v) is 10.1. The van der Waals surface area contributed by atoms with Crippen molar-refractivity contribution in [2.45, 2.75) is 44.2 Å². The topological polar surface area (TPSA) is 44.8 Å². The average Bonchev–Trinajstić information content (AvgIpc) is 3.16. The molecule has 5 nitrogen and oxygen atoms in total. The molecule has 0 spiro atoms. The Labute approximate surface area is 161 Å². The summed E-state index contributed by atoms with van der Waals surface area (Å²) in [6.07, 6.45) is 5.22. The van der Waals surface area contributed by atoms with E-state index >= 15 is 0 Å². The predicted octanol–water partition coefficient (Wildman–Crippen LogP) is 2.78. The molecular formula is C20H30ClN3O2. The molecule has 0 radical (unpaired) electrons. The number of nitrogens with one attached hydrogen (secondary N) is 1. The molecule has 2 saturated heterocycles. The van der Waals surface area contributed by atoms with Gasteiger partial charge in [0.05, 0.1) is 17.7 Å². The van der Waals surface area contributed by atoms with Crippen molar-refractivity contribution >= 4 is 17.5 Å². The molecule has 0 bridgehead atoms. The van der Waals surface area contributed by atoms with Crippen molar-refractivity contribution in [3.8, 4) is 5.75 Å². The van der Waals surface area contributed by atoms with Crippen molar-refractivity contribution in [1.29, 1.82) is 0 Å². The number of hydrogen-bond acceptors (Lipinski definition) is 4. The third-order valence-electron chi connectivity index (χ3n) is 5.47. The van der Waals surface area contributed by atoms with Crippen LogP contribution in [0.4, 0.5) is 0 Å². The summed E-state index contributed by atoms with van der Waals surface area (Å²) in [5.41, 5.74) is 0. The van der Waals surface area contributed by atoms with E-state index in [1.807, 2.05) is 36.2 Å². The van der Waals surface area contributed by atoms with Gasteiger partial charge >= 0.3 is 0 Å². The molecule has 6 heteroatoms. The van der Waals surface area contributed by atoms with Crippen LogP contribution in [0.1, 0.15) is 32.1 Å². The van der Waals surface area contributed by atoms with Gasteiger partial charge in [0.25, 0.3) is 0 Å². The summed E-state index contributed by atoms with van der Waals surface area (Å²) < 4.78 is 5.72. The Kier molecular flexibility index (Phi) is 7.17. The van der Waals surface area contributed by atoms with Crippen molar-refractivity contribution in [1.82, 2.24) is 15.1 Å². The molecule has 0 saturated carbocycles. The van der Waals surface area contributed by atoms with E-state index in [0.29, 0.717) is 30.0 Å². The van der Waals surface area contributed by atoms with Crippen LogP contribution in [-0.2, 0) is 4.79 Å². The summed E-state index contributed by atoms with van der Waals surface area (Å²) in [6, 6.07) is 8.11. The molecular weight excluding hydrogens is 350 g/mol. The lowest BCUT2D eigenvalue weighted by molar-refractivity contribution is -0.135. The largest absolute Gasteiger partial charge is 0.492 e. The molecule has 0 aliphatic carbocycles. The quantitative estimate of drug-likeness (QED) is 0.740. The first-order valence-electron chi connectivity index (χ1n) is 9.75. The minimum Gasteiger partial charge on any atom is -0.492 e. The van der Waals surface area contributed by atoms with Crippen LogP contribution in [-0.4, -0.2) is 67.6 Å². The lowest BCUT2D eigenvalue weighted by Gasteiger charge is -2.36. The minimum atomic E-state index is 0.0626. The fourth-order valence-corrected chi connectivity index (χ4v) is 4.23. The first kappa shape index (κ1) is 19.5. The maximum absolute atomic E-state index is 12.9. The SMILES string of the molecule is CN(CCCOc1ccccc1Cl)C(=O)[C@@H]1CCCN1C1CCNCC1. The van der Waals surface area contributed by atoms with E-state index in [2.05, 4.69) is 10.2 Å². The molecule has 2 aliphatic heterocycles. The van der Waals surface area contributed by atoms with Crippen molar-refractivity contribution in [3.63, 3.8) is 0 Å². The Morgan fingerprint density at radius 2 is 2.08 bits per heavy atom. The standard InChI is InChI=1S/C20H30ClN3O2/c1-23(13-5-15-26-19-8-3-2-6-17(19)21)20(25)18-7-4-14-24(18)16-9-11-22-12-10-16/h2-3,6,8,16,18,22H,4-5,7,9-15H2,1H3/t18-/m0/s1. The summed E-state index contributed by atoms with van der Waals surface area (Å²) in [7, 11) is 1.91. The maximum Gasteiger partial charge on any atom is 0.239 e. The molecule has 0 aromatic heterocycles. The van der Waals surface area contributed by atoms with Gasteiger partial charge in [-0.1, -0.05) is 23.7 Å². The molecule has 2 heterocycles. The smallest absolute Gasteiger partial charge is 0.239 e. The molecule has 1 atom stereocenters. The fraction of sp³-hybridized carbons (Fsp3) is 0.650. The number of carbonyl (C=O) groups is 1. The number of ether oxygens (including phenoxy) is 1. The summed E-state index contributed by atoms with van der Waals surface area (Å²) in [6.45, 7) is 4.46. The monoisotopic (exact) mass is 379 g/mol. The maximum atomic E-state index is 12.9. The second-order valence-corrected chi connectivity index (χ2v) is 7.68. The fourth-order valence-electron chi connectivity index (χ4n) is 4.04. The van der Waals surface area contributed by atoms with E-state index in [0.717, 1.165) is 51.7 Å². The van der Waals surface area contributed by atoms with Gasteiger partial charge in [0, 0.05) is 19.6 Å². The molecule has 1 aromatic rings. The second-order valence-electron chi connectivity index (χ2n) is 7.27. The van der Waals surface area contributed by atoms with E-state index in [9.17, 15) is 4.79 Å². The molecule has 144 valence electrons. The third kappa shape index (κ3) is 4.90. The van der Waals surface area contributed by atoms with E-state index in [1.165, 1.54) is 0 Å². The Balaban J connectivity index is 1.44. The molecule has 3 rings (SSSR count). The molecule has 0 unspecified atom stereocenters. The number of piperidine rings is 1. The van der Waals surface area contributed by atoms with Crippen molar-refractivity contribution in [2.24, 2.45) is 0 Å². The summed E-state index contributed by atoms with van der Waals surface area (Å²) in [5.74, 6) is 0.967. The molecule has 1 N–H and O–H groups in total. The highest BCUT2D eigenvalue weighted by atomic mass is 35.5. The van der Waals surface area contributed by atoms with Gasteiger partial charge in [-0.15, -0.1) is 0 Å². The van der Waals surface area contributed by atoms with Gasteiger partial charge in [0.2, 0.25) is 5.91 Å². The highest BCUT2D eigenvalue weighted by Gasteiger charge is 2.36. The van der Waals surface area contributed by atoms with E-state index in [4.69, 9.17) is 16.3 Å². The van der Waals surface area contributed by atoms with Crippen LogP contribution in [0.15, 0.2) is 24.3 Å². The molecule has 2 fully saturated rings. The molecule has 1 aromatic carbocycles. The Hall–Kier alpha value is -1.30. The van der Waals surface area contributed by atoms with Gasteiger partial charge in [-0.2, -0.15) is 0 Å². The highest BCUT2D eigenvalue weighted by molar-refractivity contribution is 6.32.